The lowest BCUT2D eigenvalue weighted by molar-refractivity contribution is 0.590. The number of hydrogen-bond acceptors (Lipinski definition) is 4. The lowest BCUT2D eigenvalue weighted by Gasteiger charge is -2.31. The molecule has 0 radical (unpaired) electrons. The summed E-state index contributed by atoms with van der Waals surface area (Å²) in [6.07, 6.45) is 0. The van der Waals surface area contributed by atoms with Crippen molar-refractivity contribution >= 4 is 22.4 Å². The zero-order valence-corrected chi connectivity index (χ0v) is 13.1. The highest BCUT2D eigenvalue weighted by Gasteiger charge is 2.17. The van der Waals surface area contributed by atoms with Crippen LogP contribution in [0.1, 0.15) is 20.8 Å². The van der Waals surface area contributed by atoms with Crippen LogP contribution in [0.3, 0.4) is 0 Å². The van der Waals surface area contributed by atoms with E-state index in [0.29, 0.717) is 0 Å². The highest BCUT2D eigenvalue weighted by molar-refractivity contribution is 5.93. The van der Waals surface area contributed by atoms with Crippen LogP contribution in [0.2, 0.25) is 0 Å². The predicted molar refractivity (Wildman–Crippen MR) is 90.2 cm³/mol. The van der Waals surface area contributed by atoms with Gasteiger partial charge in [-0.2, -0.15) is 0 Å². The van der Waals surface area contributed by atoms with E-state index in [1.807, 2.05) is 0 Å². The molecule has 0 bridgehead atoms. The van der Waals surface area contributed by atoms with Crippen molar-refractivity contribution in [2.45, 2.75) is 26.3 Å². The number of nitrogens with zero attached hydrogens (tertiary/aromatic N) is 2. The van der Waals surface area contributed by atoms with Crippen LogP contribution >= 0.6 is 0 Å². The second-order valence-electron chi connectivity index (χ2n) is 6.66. The van der Waals surface area contributed by atoms with E-state index >= 15 is 0 Å². The van der Waals surface area contributed by atoms with E-state index in [-0.39, 0.29) is 5.54 Å². The second kappa shape index (κ2) is 5.53. The average Bonchev–Trinajstić information content (AvgIpc) is 2.45. The third-order valence-electron chi connectivity index (χ3n) is 3.66. The number of hydrogen-bond donors (Lipinski definition) is 2. The van der Waals surface area contributed by atoms with Gasteiger partial charge in [-0.1, -0.05) is 18.2 Å². The number of pyridine rings is 1. The molecule has 2 heterocycles. The van der Waals surface area contributed by atoms with Gasteiger partial charge in [-0.05, 0) is 26.8 Å². The first-order chi connectivity index (χ1) is 10.0. The fourth-order valence-corrected chi connectivity index (χ4v) is 2.77. The Balaban J connectivity index is 2.06. The summed E-state index contributed by atoms with van der Waals surface area (Å²) in [5.41, 5.74) is 2.35. The van der Waals surface area contributed by atoms with Crippen molar-refractivity contribution in [2.24, 2.45) is 0 Å². The van der Waals surface area contributed by atoms with Crippen LogP contribution in [-0.4, -0.2) is 36.7 Å². The third kappa shape index (κ3) is 3.27. The summed E-state index contributed by atoms with van der Waals surface area (Å²) in [7, 11) is 0. The molecule has 4 nitrogen and oxygen atoms in total. The van der Waals surface area contributed by atoms with Crippen molar-refractivity contribution in [1.29, 1.82) is 0 Å². The summed E-state index contributed by atoms with van der Waals surface area (Å²) in [4.78, 5) is 7.22. The van der Waals surface area contributed by atoms with E-state index in [1.54, 1.807) is 0 Å². The number of aromatic nitrogens is 1. The second-order valence-corrected chi connectivity index (χ2v) is 6.66. The van der Waals surface area contributed by atoms with Gasteiger partial charge < -0.3 is 15.5 Å². The molecule has 1 aliphatic rings. The van der Waals surface area contributed by atoms with Gasteiger partial charge in [0.15, 0.2) is 0 Å². The van der Waals surface area contributed by atoms with Crippen molar-refractivity contribution in [3.05, 3.63) is 30.3 Å². The molecule has 1 aliphatic heterocycles. The van der Waals surface area contributed by atoms with Crippen molar-refractivity contribution in [2.75, 3.05) is 36.4 Å². The van der Waals surface area contributed by atoms with Crippen LogP contribution in [-0.2, 0) is 0 Å². The predicted octanol–water partition coefficient (Wildman–Crippen LogP) is 2.85. The van der Waals surface area contributed by atoms with Crippen LogP contribution < -0.4 is 15.5 Å². The van der Waals surface area contributed by atoms with E-state index in [4.69, 9.17) is 4.98 Å². The van der Waals surface area contributed by atoms with Gasteiger partial charge in [-0.15, -0.1) is 0 Å². The standard InChI is InChI=1S/C17H24N4/c1-17(2,3)20-16-12-15(21-10-8-18-9-11-21)13-6-4-5-7-14(13)19-16/h4-7,12,18H,8-11H2,1-3H3,(H,19,20). The Bertz CT molecular complexity index is 624. The molecule has 0 amide bonds. The quantitative estimate of drug-likeness (QED) is 0.889. The van der Waals surface area contributed by atoms with Crippen LogP contribution in [0, 0.1) is 0 Å². The van der Waals surface area contributed by atoms with Crippen LogP contribution in [0.4, 0.5) is 11.5 Å². The Morgan fingerprint density at radius 2 is 1.86 bits per heavy atom. The lowest BCUT2D eigenvalue weighted by atomic mass is 10.1. The van der Waals surface area contributed by atoms with Gasteiger partial charge >= 0.3 is 0 Å². The monoisotopic (exact) mass is 284 g/mol. The molecule has 1 saturated heterocycles. The summed E-state index contributed by atoms with van der Waals surface area (Å²) in [5, 5.41) is 8.15. The maximum atomic E-state index is 4.76. The molecular formula is C17H24N4. The van der Waals surface area contributed by atoms with Gasteiger partial charge in [-0.3, -0.25) is 0 Å². The first-order valence-corrected chi connectivity index (χ1v) is 7.67. The Morgan fingerprint density at radius 3 is 2.57 bits per heavy atom. The van der Waals surface area contributed by atoms with E-state index in [2.05, 4.69) is 66.6 Å². The Kier molecular flexibility index (Phi) is 3.72. The maximum Gasteiger partial charge on any atom is 0.129 e. The van der Waals surface area contributed by atoms with E-state index in [0.717, 1.165) is 37.5 Å². The van der Waals surface area contributed by atoms with Gasteiger partial charge in [0.05, 0.1) is 5.52 Å². The van der Waals surface area contributed by atoms with Gasteiger partial charge in [-0.25, -0.2) is 4.98 Å². The molecule has 112 valence electrons. The molecule has 1 aromatic carbocycles. The molecule has 1 aromatic heterocycles. The molecule has 2 N–H and O–H groups in total. The van der Waals surface area contributed by atoms with Gasteiger partial charge in [0.25, 0.3) is 0 Å². The van der Waals surface area contributed by atoms with Crippen LogP contribution in [0.25, 0.3) is 10.9 Å². The zero-order chi connectivity index (χ0) is 14.9. The van der Waals surface area contributed by atoms with Crippen molar-refractivity contribution in [3.8, 4) is 0 Å². The minimum atomic E-state index is 0.0101. The average molecular weight is 284 g/mol. The third-order valence-corrected chi connectivity index (χ3v) is 3.66. The molecule has 0 unspecified atom stereocenters. The molecule has 21 heavy (non-hydrogen) atoms. The number of piperazine rings is 1. The van der Waals surface area contributed by atoms with Crippen LogP contribution in [0.15, 0.2) is 30.3 Å². The Labute approximate surface area is 126 Å². The summed E-state index contributed by atoms with van der Waals surface area (Å²) in [6, 6.07) is 10.6. The summed E-state index contributed by atoms with van der Waals surface area (Å²) >= 11 is 0. The molecule has 0 atom stereocenters. The summed E-state index contributed by atoms with van der Waals surface area (Å²) in [6.45, 7) is 10.7. The van der Waals surface area contributed by atoms with Crippen molar-refractivity contribution < 1.29 is 0 Å². The number of fused-ring (bicyclic) bond motifs is 1. The molecule has 0 saturated carbocycles. The number of nitrogens with one attached hydrogen (secondary N) is 2. The molecule has 2 aromatic rings. The van der Waals surface area contributed by atoms with E-state index in [9.17, 15) is 0 Å². The molecular weight excluding hydrogens is 260 g/mol. The summed E-state index contributed by atoms with van der Waals surface area (Å²) < 4.78 is 0. The largest absolute Gasteiger partial charge is 0.368 e. The normalized spacial score (nSPS) is 16.2. The highest BCUT2D eigenvalue weighted by atomic mass is 15.2. The molecule has 4 heteroatoms. The Hall–Kier alpha value is -1.81. The zero-order valence-electron chi connectivity index (χ0n) is 13.1. The minimum Gasteiger partial charge on any atom is -0.368 e. The fraction of sp³-hybridized carbons (Fsp3) is 0.471. The van der Waals surface area contributed by atoms with Gasteiger partial charge in [0.2, 0.25) is 0 Å². The topological polar surface area (TPSA) is 40.2 Å². The highest BCUT2D eigenvalue weighted by Crippen LogP contribution is 2.29. The smallest absolute Gasteiger partial charge is 0.129 e. The molecule has 0 spiro atoms. The first-order valence-electron chi connectivity index (χ1n) is 7.67. The maximum absolute atomic E-state index is 4.76. The molecule has 0 aliphatic carbocycles. The van der Waals surface area contributed by atoms with Crippen LogP contribution in [0.5, 0.6) is 0 Å². The summed E-state index contributed by atoms with van der Waals surface area (Å²) in [5.74, 6) is 0.953. The lowest BCUT2D eigenvalue weighted by Crippen LogP contribution is -2.43. The van der Waals surface area contributed by atoms with Crippen molar-refractivity contribution in [1.82, 2.24) is 10.3 Å². The number of anilines is 2. The first kappa shape index (κ1) is 14.1. The molecule has 3 rings (SSSR count). The molecule has 1 fully saturated rings. The van der Waals surface area contributed by atoms with E-state index in [1.165, 1.54) is 11.1 Å². The number of rotatable bonds is 2. The number of para-hydroxylation sites is 1. The fourth-order valence-electron chi connectivity index (χ4n) is 2.77. The van der Waals surface area contributed by atoms with Gasteiger partial charge in [0, 0.05) is 48.9 Å². The Morgan fingerprint density at radius 1 is 1.14 bits per heavy atom. The SMILES string of the molecule is CC(C)(C)Nc1cc(N2CCNCC2)c2ccccc2n1. The van der Waals surface area contributed by atoms with Gasteiger partial charge in [0.1, 0.15) is 5.82 Å². The van der Waals surface area contributed by atoms with E-state index < -0.39 is 0 Å². The van der Waals surface area contributed by atoms with Crippen molar-refractivity contribution in [3.63, 3.8) is 0 Å². The number of benzene rings is 1. The minimum absolute atomic E-state index is 0.0101.